The van der Waals surface area contributed by atoms with Gasteiger partial charge in [-0.3, -0.25) is 10.2 Å². The first-order valence-corrected chi connectivity index (χ1v) is 9.65. The van der Waals surface area contributed by atoms with Gasteiger partial charge in [0, 0.05) is 18.4 Å². The Bertz CT molecular complexity index is 883. The Kier molecular flexibility index (Phi) is 6.22. The van der Waals surface area contributed by atoms with Gasteiger partial charge in [0.1, 0.15) is 11.4 Å². The van der Waals surface area contributed by atoms with Crippen LogP contribution in [0, 0.1) is 0 Å². The van der Waals surface area contributed by atoms with Crippen molar-refractivity contribution in [2.24, 2.45) is 0 Å². The molecule has 0 aromatic heterocycles. The summed E-state index contributed by atoms with van der Waals surface area (Å²) in [5.74, 6) is 0.483. The summed E-state index contributed by atoms with van der Waals surface area (Å²) in [5, 5.41) is 2.71. The monoisotopic (exact) mass is 394 g/mol. The Labute approximate surface area is 171 Å². The molecule has 0 unspecified atom stereocenters. The van der Waals surface area contributed by atoms with E-state index in [0.29, 0.717) is 18.0 Å². The van der Waals surface area contributed by atoms with Crippen LogP contribution in [0.2, 0.25) is 0 Å². The zero-order chi connectivity index (χ0) is 20.9. The van der Waals surface area contributed by atoms with Crippen LogP contribution in [0.4, 0.5) is 15.3 Å². The molecule has 0 bridgehead atoms. The molecule has 1 heterocycles. The van der Waals surface area contributed by atoms with Crippen LogP contribution in [0.5, 0.6) is 5.75 Å². The zero-order valence-corrected chi connectivity index (χ0v) is 17.0. The smallest absolute Gasteiger partial charge is 0.417 e. The average Bonchev–Trinajstić information content (AvgIpc) is 2.68. The van der Waals surface area contributed by atoms with Crippen LogP contribution in [0.25, 0.3) is 5.57 Å². The number of allylic oxidation sites excluding steroid dienone is 1. The Morgan fingerprint density at radius 2 is 1.69 bits per heavy atom. The highest BCUT2D eigenvalue weighted by molar-refractivity contribution is 5.86. The summed E-state index contributed by atoms with van der Waals surface area (Å²) in [4.78, 5) is 25.9. The number of ether oxygens (including phenoxy) is 2. The van der Waals surface area contributed by atoms with E-state index in [1.807, 2.05) is 57.3 Å². The van der Waals surface area contributed by atoms with Crippen LogP contribution in [-0.4, -0.2) is 29.2 Å². The maximum absolute atomic E-state index is 12.3. The molecular formula is C23H26N2O4. The summed E-state index contributed by atoms with van der Waals surface area (Å²) in [7, 11) is 0. The molecule has 2 aromatic rings. The first kappa shape index (κ1) is 20.5. The molecule has 6 heteroatoms. The van der Waals surface area contributed by atoms with Crippen molar-refractivity contribution >= 4 is 23.4 Å². The first-order chi connectivity index (χ1) is 13.8. The largest absolute Gasteiger partial charge is 0.443 e. The van der Waals surface area contributed by atoms with Crippen LogP contribution in [0.15, 0.2) is 60.8 Å². The van der Waals surface area contributed by atoms with E-state index in [-0.39, 0.29) is 6.09 Å². The van der Waals surface area contributed by atoms with Crippen LogP contribution in [0.3, 0.4) is 0 Å². The van der Waals surface area contributed by atoms with Crippen molar-refractivity contribution in [3.8, 4) is 5.75 Å². The lowest BCUT2D eigenvalue weighted by Crippen LogP contribution is -2.35. The molecule has 0 spiro atoms. The number of carbonyl (C=O) groups is 2. The van der Waals surface area contributed by atoms with Gasteiger partial charge in [0.15, 0.2) is 0 Å². The molecule has 2 aromatic carbocycles. The van der Waals surface area contributed by atoms with E-state index in [1.54, 1.807) is 29.2 Å². The predicted molar refractivity (Wildman–Crippen MR) is 113 cm³/mol. The van der Waals surface area contributed by atoms with Crippen LogP contribution in [0.1, 0.15) is 39.2 Å². The van der Waals surface area contributed by atoms with Gasteiger partial charge >= 0.3 is 12.2 Å². The summed E-state index contributed by atoms with van der Waals surface area (Å²) in [6, 6.07) is 16.4. The molecule has 0 aliphatic carbocycles. The Morgan fingerprint density at radius 3 is 2.34 bits per heavy atom. The third-order valence-electron chi connectivity index (χ3n) is 4.24. The van der Waals surface area contributed by atoms with Crippen molar-refractivity contribution < 1.29 is 19.1 Å². The highest BCUT2D eigenvalue weighted by atomic mass is 16.6. The number of rotatable bonds is 3. The van der Waals surface area contributed by atoms with Gasteiger partial charge in [-0.25, -0.2) is 9.59 Å². The zero-order valence-electron chi connectivity index (χ0n) is 17.0. The number of benzene rings is 2. The standard InChI is InChI=1S/C23H26N2O4/c1-23(2,3)29-22(27)25-15-7-8-18(16-25)17-11-13-19(14-12-17)24-21(26)28-20-9-5-4-6-10-20/h4-6,9-14,16H,7-8,15H2,1-3H3,(H,24,26). The van der Waals surface area contributed by atoms with E-state index in [0.717, 1.165) is 24.0 Å². The Morgan fingerprint density at radius 1 is 1.00 bits per heavy atom. The summed E-state index contributed by atoms with van der Waals surface area (Å²) < 4.78 is 10.7. The van der Waals surface area contributed by atoms with Gasteiger partial charge in [-0.05, 0) is 69.0 Å². The highest BCUT2D eigenvalue weighted by Crippen LogP contribution is 2.27. The topological polar surface area (TPSA) is 67.9 Å². The van der Waals surface area contributed by atoms with Gasteiger partial charge in [-0.15, -0.1) is 0 Å². The van der Waals surface area contributed by atoms with E-state index in [2.05, 4.69) is 5.32 Å². The van der Waals surface area contributed by atoms with Gasteiger partial charge in [0.05, 0.1) is 0 Å². The van der Waals surface area contributed by atoms with Crippen LogP contribution < -0.4 is 10.1 Å². The minimum absolute atomic E-state index is 0.336. The molecule has 1 aliphatic heterocycles. The third-order valence-corrected chi connectivity index (χ3v) is 4.24. The Balaban J connectivity index is 1.63. The molecule has 2 amide bonds. The molecule has 29 heavy (non-hydrogen) atoms. The van der Waals surface area contributed by atoms with E-state index in [1.165, 1.54) is 0 Å². The molecule has 1 N–H and O–H groups in total. The van der Waals surface area contributed by atoms with E-state index >= 15 is 0 Å². The molecule has 0 radical (unpaired) electrons. The van der Waals surface area contributed by atoms with Crippen molar-refractivity contribution in [2.45, 2.75) is 39.2 Å². The number of nitrogens with zero attached hydrogens (tertiary/aromatic N) is 1. The lowest BCUT2D eigenvalue weighted by Gasteiger charge is -2.28. The molecule has 152 valence electrons. The summed E-state index contributed by atoms with van der Waals surface area (Å²) in [5.41, 5.74) is 2.17. The molecule has 1 aliphatic rings. The van der Waals surface area contributed by atoms with Crippen molar-refractivity contribution in [1.29, 1.82) is 0 Å². The third kappa shape index (κ3) is 6.10. The number of anilines is 1. The SMILES string of the molecule is CC(C)(C)OC(=O)N1C=C(c2ccc(NC(=O)Oc3ccccc3)cc2)CCC1. The van der Waals surface area contributed by atoms with Crippen LogP contribution in [-0.2, 0) is 4.74 Å². The summed E-state index contributed by atoms with van der Waals surface area (Å²) in [6.45, 7) is 6.21. The average molecular weight is 394 g/mol. The molecule has 0 saturated carbocycles. The number of nitrogens with one attached hydrogen (secondary N) is 1. The fourth-order valence-electron chi connectivity index (χ4n) is 2.95. The number of hydrogen-bond donors (Lipinski definition) is 1. The van der Waals surface area contributed by atoms with Crippen LogP contribution >= 0.6 is 0 Å². The lowest BCUT2D eigenvalue weighted by atomic mass is 9.99. The second kappa shape index (κ2) is 8.82. The minimum Gasteiger partial charge on any atom is -0.443 e. The Hall–Kier alpha value is -3.28. The summed E-state index contributed by atoms with van der Waals surface area (Å²) >= 11 is 0. The molecule has 0 fully saturated rings. The number of para-hydroxylation sites is 1. The lowest BCUT2D eigenvalue weighted by molar-refractivity contribution is 0.0329. The fraction of sp³-hybridized carbons (Fsp3) is 0.304. The second-order valence-electron chi connectivity index (χ2n) is 7.84. The van der Waals surface area contributed by atoms with Crippen molar-refractivity contribution in [3.05, 3.63) is 66.4 Å². The summed E-state index contributed by atoms with van der Waals surface area (Å²) in [6.07, 6.45) is 2.72. The maximum atomic E-state index is 12.3. The van der Waals surface area contributed by atoms with Gasteiger partial charge in [-0.2, -0.15) is 0 Å². The molecule has 3 rings (SSSR count). The van der Waals surface area contributed by atoms with Gasteiger partial charge in [-0.1, -0.05) is 30.3 Å². The number of carbonyl (C=O) groups excluding carboxylic acids is 2. The van der Waals surface area contributed by atoms with Crippen molar-refractivity contribution in [1.82, 2.24) is 4.90 Å². The normalized spacial score (nSPS) is 14.0. The second-order valence-corrected chi connectivity index (χ2v) is 7.84. The van der Waals surface area contributed by atoms with Crippen molar-refractivity contribution in [3.63, 3.8) is 0 Å². The fourth-order valence-corrected chi connectivity index (χ4v) is 2.95. The number of hydrogen-bond acceptors (Lipinski definition) is 4. The molecule has 0 atom stereocenters. The van der Waals surface area contributed by atoms with Gasteiger partial charge < -0.3 is 9.47 Å². The predicted octanol–water partition coefficient (Wildman–Crippen LogP) is 5.67. The van der Waals surface area contributed by atoms with Gasteiger partial charge in [0.2, 0.25) is 0 Å². The van der Waals surface area contributed by atoms with Crippen molar-refractivity contribution in [2.75, 3.05) is 11.9 Å². The first-order valence-electron chi connectivity index (χ1n) is 9.65. The highest BCUT2D eigenvalue weighted by Gasteiger charge is 2.23. The number of amides is 2. The molecule has 0 saturated heterocycles. The van der Waals surface area contributed by atoms with Gasteiger partial charge in [0.25, 0.3) is 0 Å². The molecule has 6 nitrogen and oxygen atoms in total. The van der Waals surface area contributed by atoms with E-state index in [9.17, 15) is 9.59 Å². The maximum Gasteiger partial charge on any atom is 0.417 e. The quantitative estimate of drug-likeness (QED) is 0.728. The molecular weight excluding hydrogens is 368 g/mol. The van der Waals surface area contributed by atoms with E-state index in [4.69, 9.17) is 9.47 Å². The minimum atomic E-state index is -0.545. The van der Waals surface area contributed by atoms with E-state index < -0.39 is 11.7 Å².